The minimum absolute atomic E-state index is 0.114. The molecule has 35 heavy (non-hydrogen) atoms. The van der Waals surface area contributed by atoms with Crippen molar-refractivity contribution in [3.63, 3.8) is 0 Å². The number of carbonyl (C=O) groups excluding carboxylic acids is 3. The van der Waals surface area contributed by atoms with Crippen LogP contribution in [0.1, 0.15) is 38.8 Å². The number of hydrogen-bond acceptors (Lipinski definition) is 5. The Kier molecular flexibility index (Phi) is 8.73. The zero-order chi connectivity index (χ0) is 26.9. The van der Waals surface area contributed by atoms with Crippen molar-refractivity contribution in [1.82, 2.24) is 10.6 Å². The molecular weight excluding hydrogens is 465 g/mol. The van der Waals surface area contributed by atoms with Crippen LogP contribution in [0.3, 0.4) is 0 Å². The van der Waals surface area contributed by atoms with E-state index in [0.29, 0.717) is 5.56 Å². The lowest BCUT2D eigenvalue weighted by molar-refractivity contribution is -0.145. The maximum Gasteiger partial charge on any atom is 0.416 e. The molecule has 0 saturated carbocycles. The second kappa shape index (κ2) is 11.7. The van der Waals surface area contributed by atoms with Crippen LogP contribution in [0.4, 0.5) is 18.0 Å². The third kappa shape index (κ3) is 9.30. The number of alkyl carbamates (subject to hydrolysis) is 1. The topological polar surface area (TPSA) is 93.7 Å². The van der Waals surface area contributed by atoms with E-state index in [4.69, 9.17) is 10.8 Å². The van der Waals surface area contributed by atoms with Crippen molar-refractivity contribution in [2.75, 3.05) is 7.11 Å². The lowest BCUT2D eigenvalue weighted by atomic mass is 10.0. The normalized spacial score (nSPS) is 13.7. The largest absolute Gasteiger partial charge is 0.467 e. The number of nitrogens with one attached hydrogen (secondary N) is 2. The van der Waals surface area contributed by atoms with Gasteiger partial charge in [0.15, 0.2) is 0 Å². The van der Waals surface area contributed by atoms with Gasteiger partial charge in [-0.2, -0.15) is 13.2 Å². The van der Waals surface area contributed by atoms with E-state index in [0.717, 1.165) is 17.7 Å². The Morgan fingerprint density at radius 1 is 0.914 bits per heavy atom. The number of ether oxygens (including phenoxy) is 2. The highest BCUT2D eigenvalue weighted by Gasteiger charge is 2.31. The first-order chi connectivity index (χ1) is 16.8. The summed E-state index contributed by atoms with van der Waals surface area (Å²) in [6.07, 6.45) is -5.58. The van der Waals surface area contributed by atoms with Gasteiger partial charge in [0.2, 0.25) is 5.91 Å². The van der Waals surface area contributed by atoms with Crippen LogP contribution in [0.5, 0.6) is 0 Å². The number of esters is 1. The van der Waals surface area contributed by atoms with Crippen molar-refractivity contribution >= 4 is 18.0 Å². The zero-order valence-electron chi connectivity index (χ0n) is 20.6. The molecular formula is C25H29F3N2O5. The van der Waals surface area contributed by atoms with E-state index in [-0.39, 0.29) is 19.7 Å². The molecule has 2 amide bonds. The van der Waals surface area contributed by atoms with Gasteiger partial charge in [-0.05, 0) is 44.0 Å². The molecule has 2 aromatic carbocycles. The third-order valence-corrected chi connectivity index (χ3v) is 4.78. The van der Waals surface area contributed by atoms with Gasteiger partial charge in [0.25, 0.3) is 0 Å². The van der Waals surface area contributed by atoms with Crippen molar-refractivity contribution in [2.45, 2.75) is 57.4 Å². The molecule has 2 atom stereocenters. The maximum atomic E-state index is 13.2. The Morgan fingerprint density at radius 3 is 2.03 bits per heavy atom. The first-order valence-corrected chi connectivity index (χ1v) is 10.7. The Morgan fingerprint density at radius 2 is 1.49 bits per heavy atom. The summed E-state index contributed by atoms with van der Waals surface area (Å²) in [6, 6.07) is 10.6. The zero-order valence-corrected chi connectivity index (χ0v) is 19.6. The van der Waals surface area contributed by atoms with Crippen LogP contribution in [-0.4, -0.2) is 42.8 Å². The molecule has 0 heterocycles. The van der Waals surface area contributed by atoms with Gasteiger partial charge in [-0.25, -0.2) is 9.59 Å². The van der Waals surface area contributed by atoms with Gasteiger partial charge >= 0.3 is 18.2 Å². The summed E-state index contributed by atoms with van der Waals surface area (Å²) in [7, 11) is 1.17. The van der Waals surface area contributed by atoms with Gasteiger partial charge in [0, 0.05) is 14.2 Å². The van der Waals surface area contributed by atoms with Gasteiger partial charge in [0.1, 0.15) is 17.7 Å². The quantitative estimate of drug-likeness (QED) is 0.539. The molecule has 2 N–H and O–H groups in total. The lowest BCUT2D eigenvalue weighted by Gasteiger charge is -2.25. The summed E-state index contributed by atoms with van der Waals surface area (Å²) in [6.45, 7) is 2.78. The van der Waals surface area contributed by atoms with Crippen molar-refractivity contribution in [2.24, 2.45) is 0 Å². The molecule has 0 aliphatic rings. The van der Waals surface area contributed by atoms with E-state index in [2.05, 4.69) is 10.6 Å². The average Bonchev–Trinajstić information content (AvgIpc) is 2.82. The van der Waals surface area contributed by atoms with Crippen molar-refractivity contribution in [3.05, 3.63) is 71.3 Å². The van der Waals surface area contributed by atoms with Crippen LogP contribution in [0.15, 0.2) is 54.6 Å². The Balaban J connectivity index is 2.25. The number of rotatable bonds is 8. The van der Waals surface area contributed by atoms with Gasteiger partial charge in [-0.3, -0.25) is 4.79 Å². The van der Waals surface area contributed by atoms with Gasteiger partial charge in [-0.15, -0.1) is 0 Å². The predicted octanol–water partition coefficient (Wildman–Crippen LogP) is 4.04. The molecule has 2 aromatic rings. The van der Waals surface area contributed by atoms with Crippen LogP contribution in [0.25, 0.3) is 0 Å². The van der Waals surface area contributed by atoms with E-state index in [1.54, 1.807) is 30.3 Å². The summed E-state index contributed by atoms with van der Waals surface area (Å²) in [5, 5.41) is 4.95. The highest BCUT2D eigenvalue weighted by atomic mass is 19.4. The fourth-order valence-corrected chi connectivity index (χ4v) is 3.16. The van der Waals surface area contributed by atoms with Gasteiger partial charge < -0.3 is 20.1 Å². The number of hydrogen-bond donors (Lipinski definition) is 2. The van der Waals surface area contributed by atoms with E-state index < -0.39 is 47.4 Å². The van der Waals surface area contributed by atoms with Crippen molar-refractivity contribution < 1.29 is 38.4 Å². The highest BCUT2D eigenvalue weighted by Crippen LogP contribution is 2.29. The molecule has 2 rings (SSSR count). The molecule has 0 aliphatic carbocycles. The van der Waals surface area contributed by atoms with E-state index in [1.807, 2.05) is 0 Å². The lowest BCUT2D eigenvalue weighted by Crippen LogP contribution is -2.53. The maximum absolute atomic E-state index is 13.2. The fourth-order valence-electron chi connectivity index (χ4n) is 3.16. The molecule has 0 aliphatic heterocycles. The summed E-state index contributed by atoms with van der Waals surface area (Å²) in [5.74, 6) is -1.47. The van der Waals surface area contributed by atoms with E-state index >= 15 is 0 Å². The van der Waals surface area contributed by atoms with Gasteiger partial charge in [-0.1, -0.05) is 42.5 Å². The second-order valence-electron chi connectivity index (χ2n) is 8.52. The molecule has 0 bridgehead atoms. The smallest absolute Gasteiger partial charge is 0.416 e. The number of benzene rings is 2. The Labute approximate surface area is 203 Å². The van der Waals surface area contributed by atoms with Gasteiger partial charge in [0.05, 0.1) is 12.7 Å². The van der Waals surface area contributed by atoms with Crippen molar-refractivity contribution in [3.8, 4) is 0 Å². The number of carbonyl (C=O) groups is 3. The van der Waals surface area contributed by atoms with Crippen LogP contribution < -0.4 is 10.6 Å². The van der Waals surface area contributed by atoms with Crippen molar-refractivity contribution in [1.29, 1.82) is 0 Å². The summed E-state index contributed by atoms with van der Waals surface area (Å²) >= 11 is 0. The summed E-state index contributed by atoms with van der Waals surface area (Å²) < 4.78 is 56.2. The molecule has 0 fully saturated rings. The Bertz CT molecular complexity index is 1030. The Hall–Kier alpha value is -3.56. The molecule has 0 radical (unpaired) electrons. The molecule has 190 valence electrons. The third-order valence-electron chi connectivity index (χ3n) is 4.78. The predicted molar refractivity (Wildman–Crippen MR) is 122 cm³/mol. The SMILES string of the molecule is [2H]CC(C)(C)OC(=O)N[C@@H](Cc1ccc(C(F)(F)F)cc1)C(=O)N[C@@H](Cc1ccccc1)C(=O)OC. The number of alkyl halides is 3. The minimum Gasteiger partial charge on any atom is -0.467 e. The fraction of sp³-hybridized carbons (Fsp3) is 0.400. The highest BCUT2D eigenvalue weighted by molar-refractivity contribution is 5.90. The van der Waals surface area contributed by atoms with E-state index in [1.165, 1.54) is 33.1 Å². The van der Waals surface area contributed by atoms with Crippen LogP contribution in [0.2, 0.25) is 0 Å². The van der Waals surface area contributed by atoms with Crippen LogP contribution >= 0.6 is 0 Å². The average molecular weight is 496 g/mol. The minimum atomic E-state index is -4.52. The van der Waals surface area contributed by atoms with E-state index in [9.17, 15) is 27.6 Å². The molecule has 0 aromatic heterocycles. The number of methoxy groups -OCH3 is 1. The van der Waals surface area contributed by atoms with Crippen LogP contribution in [0, 0.1) is 0 Å². The second-order valence-corrected chi connectivity index (χ2v) is 8.52. The molecule has 0 spiro atoms. The first kappa shape index (κ1) is 26.1. The number of amides is 2. The summed E-state index contributed by atoms with van der Waals surface area (Å²) in [4.78, 5) is 37.9. The first-order valence-electron chi connectivity index (χ1n) is 11.4. The summed E-state index contributed by atoms with van der Waals surface area (Å²) in [5.41, 5.74) is -0.912. The molecule has 7 nitrogen and oxygen atoms in total. The van der Waals surface area contributed by atoms with Crippen LogP contribution in [-0.2, 0) is 38.1 Å². The standard InChI is InChI=1S/C25H29F3N2O5/c1-24(2,3)35-23(33)30-19(14-17-10-12-18(13-11-17)25(26,27)28)21(31)29-20(22(32)34-4)15-16-8-6-5-7-9-16/h5-13,19-20H,14-15H2,1-4H3,(H,29,31)(H,30,33)/t19-,20-/m0/s1/i1D. The molecule has 0 saturated heterocycles. The number of halogens is 3. The monoisotopic (exact) mass is 495 g/mol. The molecule has 10 heteroatoms. The molecule has 0 unspecified atom stereocenters.